The number of ether oxygens (including phenoxy) is 2. The Hall–Kier alpha value is -0.970. The van der Waals surface area contributed by atoms with E-state index >= 15 is 0 Å². The fourth-order valence-corrected chi connectivity index (χ4v) is 2.58. The van der Waals surface area contributed by atoms with Gasteiger partial charge in [-0.15, -0.1) is 0 Å². The number of allylic oxidation sites excluding steroid dienone is 4. The first-order valence-corrected chi connectivity index (χ1v) is 9.02. The van der Waals surface area contributed by atoms with Crippen LogP contribution in [0.15, 0.2) is 34.7 Å². The second-order valence-electron chi connectivity index (χ2n) is 6.63. The molecule has 1 saturated heterocycles. The van der Waals surface area contributed by atoms with Crippen molar-refractivity contribution in [1.82, 2.24) is 0 Å². The predicted octanol–water partition coefficient (Wildman–Crippen LogP) is 5.22. The molecule has 0 aliphatic carbocycles. The maximum atomic E-state index is 13.1. The zero-order valence-corrected chi connectivity index (χ0v) is 15.4. The molecule has 0 bridgehead atoms. The van der Waals surface area contributed by atoms with Crippen molar-refractivity contribution in [3.8, 4) is 0 Å². The zero-order valence-electron chi connectivity index (χ0n) is 15.4. The van der Waals surface area contributed by atoms with Crippen molar-refractivity contribution in [2.45, 2.75) is 72.0 Å². The minimum Gasteiger partial charge on any atom is -0.389 e. The predicted molar refractivity (Wildman–Crippen MR) is 96.4 cm³/mol. The van der Waals surface area contributed by atoms with Crippen LogP contribution >= 0.6 is 0 Å². The van der Waals surface area contributed by atoms with Gasteiger partial charge in [-0.3, -0.25) is 0 Å². The molecule has 0 aromatic carbocycles. The lowest BCUT2D eigenvalue weighted by Gasteiger charge is -2.22. The van der Waals surface area contributed by atoms with Crippen molar-refractivity contribution in [2.75, 3.05) is 19.8 Å². The summed E-state index contributed by atoms with van der Waals surface area (Å²) in [5.41, 5.74) is 3.19. The minimum atomic E-state index is -0.493. The zero-order chi connectivity index (χ0) is 17.8. The van der Waals surface area contributed by atoms with Crippen LogP contribution in [-0.4, -0.2) is 31.2 Å². The van der Waals surface area contributed by atoms with Crippen LogP contribution < -0.4 is 0 Å². The van der Waals surface area contributed by atoms with E-state index in [1.165, 1.54) is 17.6 Å². The molecule has 0 saturated carbocycles. The van der Waals surface area contributed by atoms with Gasteiger partial charge in [-0.25, -0.2) is 4.39 Å². The molecule has 1 unspecified atom stereocenters. The highest BCUT2D eigenvalue weighted by Crippen LogP contribution is 2.16. The number of hydrogen-bond acceptors (Lipinski definition) is 3. The molecule has 1 rings (SSSR count). The van der Waals surface area contributed by atoms with Crippen molar-refractivity contribution < 1.29 is 19.0 Å². The highest BCUT2D eigenvalue weighted by Gasteiger charge is 2.13. The van der Waals surface area contributed by atoms with E-state index in [4.69, 9.17) is 14.6 Å². The van der Waals surface area contributed by atoms with Crippen molar-refractivity contribution in [3.63, 3.8) is 0 Å². The molecule has 1 heterocycles. The Kier molecular flexibility index (Phi) is 10.9. The number of hydrogen-bond donors (Lipinski definition) is 1. The minimum absolute atomic E-state index is 0.0284. The highest BCUT2D eigenvalue weighted by molar-refractivity contribution is 5.08. The summed E-state index contributed by atoms with van der Waals surface area (Å²) < 4.78 is 24.4. The van der Waals surface area contributed by atoms with Gasteiger partial charge < -0.3 is 14.6 Å². The van der Waals surface area contributed by atoms with Crippen LogP contribution in [0.25, 0.3) is 0 Å². The van der Waals surface area contributed by atoms with Gasteiger partial charge in [0.1, 0.15) is 5.83 Å². The van der Waals surface area contributed by atoms with Crippen molar-refractivity contribution >= 4 is 0 Å². The van der Waals surface area contributed by atoms with Gasteiger partial charge in [-0.1, -0.05) is 23.3 Å². The first-order valence-electron chi connectivity index (χ1n) is 9.02. The summed E-state index contributed by atoms with van der Waals surface area (Å²) in [6.45, 7) is 6.89. The molecule has 0 aromatic rings. The fraction of sp³-hybridized carbons (Fsp3) is 0.700. The first-order chi connectivity index (χ1) is 11.5. The van der Waals surface area contributed by atoms with Crippen molar-refractivity contribution in [2.24, 2.45) is 0 Å². The van der Waals surface area contributed by atoms with E-state index < -0.39 is 12.4 Å². The van der Waals surface area contributed by atoms with E-state index in [0.29, 0.717) is 18.6 Å². The van der Waals surface area contributed by atoms with Crippen LogP contribution in [-0.2, 0) is 9.47 Å². The molecular weight excluding hydrogens is 307 g/mol. The normalized spacial score (nSPS) is 21.0. The Morgan fingerprint density at radius 1 is 1.12 bits per heavy atom. The molecule has 1 aliphatic rings. The first kappa shape index (κ1) is 21.1. The molecule has 138 valence electrons. The molecule has 0 aromatic heterocycles. The van der Waals surface area contributed by atoms with Crippen LogP contribution in [0.1, 0.15) is 65.7 Å². The maximum Gasteiger partial charge on any atom is 0.158 e. The van der Waals surface area contributed by atoms with Crippen LogP contribution in [0, 0.1) is 0 Å². The number of aliphatic hydroxyl groups is 1. The lowest BCUT2D eigenvalue weighted by molar-refractivity contribution is -0.156. The molecule has 1 N–H and O–H groups in total. The van der Waals surface area contributed by atoms with E-state index in [0.717, 1.165) is 38.7 Å². The fourth-order valence-electron chi connectivity index (χ4n) is 2.58. The van der Waals surface area contributed by atoms with E-state index in [9.17, 15) is 4.39 Å². The van der Waals surface area contributed by atoms with Gasteiger partial charge in [0.2, 0.25) is 0 Å². The van der Waals surface area contributed by atoms with Crippen LogP contribution in [0.2, 0.25) is 0 Å². The van der Waals surface area contributed by atoms with Gasteiger partial charge in [0, 0.05) is 6.61 Å². The van der Waals surface area contributed by atoms with E-state index in [1.54, 1.807) is 6.92 Å². The van der Waals surface area contributed by atoms with E-state index in [1.807, 2.05) is 0 Å². The largest absolute Gasteiger partial charge is 0.389 e. The molecule has 3 nitrogen and oxygen atoms in total. The van der Waals surface area contributed by atoms with Crippen LogP contribution in [0.5, 0.6) is 0 Å². The quantitative estimate of drug-likeness (QED) is 0.554. The third-order valence-electron chi connectivity index (χ3n) is 4.28. The van der Waals surface area contributed by atoms with Crippen molar-refractivity contribution in [1.29, 1.82) is 0 Å². The summed E-state index contributed by atoms with van der Waals surface area (Å²) in [5, 5.41) is 8.74. The molecule has 1 aliphatic heterocycles. The van der Waals surface area contributed by atoms with Crippen LogP contribution in [0.4, 0.5) is 4.39 Å². The maximum absolute atomic E-state index is 13.1. The average molecular weight is 340 g/mol. The van der Waals surface area contributed by atoms with Gasteiger partial charge in [-0.2, -0.15) is 0 Å². The van der Waals surface area contributed by atoms with Gasteiger partial charge in [0.05, 0.1) is 13.2 Å². The number of aliphatic hydroxyl groups excluding tert-OH is 1. The molecule has 0 amide bonds. The Labute approximate surface area is 146 Å². The summed E-state index contributed by atoms with van der Waals surface area (Å²) in [6.07, 6.45) is 11.1. The van der Waals surface area contributed by atoms with E-state index in [2.05, 4.69) is 26.0 Å². The summed E-state index contributed by atoms with van der Waals surface area (Å²) in [7, 11) is 0. The standard InChI is InChI=1S/C20H33FO3/c1-16(9-7-11-18(3)19(21)14-22)8-6-10-17(2)15-24-20-12-4-5-13-23-20/h9-10,20,22H,4-8,11-15H2,1-3H3/b16-9+,17-10+,19-18+. The van der Waals surface area contributed by atoms with Gasteiger partial charge in [0.25, 0.3) is 0 Å². The molecule has 0 radical (unpaired) electrons. The number of halogens is 1. The third-order valence-corrected chi connectivity index (χ3v) is 4.28. The topological polar surface area (TPSA) is 38.7 Å². The molecule has 24 heavy (non-hydrogen) atoms. The monoisotopic (exact) mass is 340 g/mol. The molecular formula is C20H33FO3. The SMILES string of the molecule is C/C(=C\CC/C(C)=C(/F)CO)CC/C=C(\C)COC1CCCCO1. The summed E-state index contributed by atoms with van der Waals surface area (Å²) in [6, 6.07) is 0. The van der Waals surface area contributed by atoms with Crippen molar-refractivity contribution in [3.05, 3.63) is 34.7 Å². The van der Waals surface area contributed by atoms with E-state index in [-0.39, 0.29) is 6.29 Å². The third kappa shape index (κ3) is 9.36. The Balaban J connectivity index is 2.20. The second kappa shape index (κ2) is 12.4. The smallest absolute Gasteiger partial charge is 0.158 e. The lowest BCUT2D eigenvalue weighted by atomic mass is 10.1. The number of rotatable bonds is 10. The summed E-state index contributed by atoms with van der Waals surface area (Å²) in [5.74, 6) is -0.401. The Bertz CT molecular complexity index is 446. The second-order valence-corrected chi connectivity index (χ2v) is 6.63. The van der Waals surface area contributed by atoms with Gasteiger partial charge in [0.15, 0.2) is 6.29 Å². The molecule has 4 heteroatoms. The van der Waals surface area contributed by atoms with Gasteiger partial charge >= 0.3 is 0 Å². The van der Waals surface area contributed by atoms with Crippen LogP contribution in [0.3, 0.4) is 0 Å². The molecule has 1 atom stereocenters. The Morgan fingerprint density at radius 2 is 1.83 bits per heavy atom. The summed E-state index contributed by atoms with van der Waals surface area (Å²) in [4.78, 5) is 0. The Morgan fingerprint density at radius 3 is 2.50 bits per heavy atom. The van der Waals surface area contributed by atoms with Gasteiger partial charge in [-0.05, 0) is 71.3 Å². The summed E-state index contributed by atoms with van der Waals surface area (Å²) >= 11 is 0. The highest BCUT2D eigenvalue weighted by atomic mass is 19.1. The molecule has 0 spiro atoms. The average Bonchev–Trinajstić information content (AvgIpc) is 2.60. The molecule has 1 fully saturated rings. The lowest BCUT2D eigenvalue weighted by Crippen LogP contribution is -2.22.